The lowest BCUT2D eigenvalue weighted by Gasteiger charge is -2.10. The van der Waals surface area contributed by atoms with Crippen LogP contribution in [0.1, 0.15) is 24.7 Å². The van der Waals surface area contributed by atoms with Crippen LogP contribution < -0.4 is 0 Å². The van der Waals surface area contributed by atoms with Crippen molar-refractivity contribution in [2.45, 2.75) is 0 Å². The molecular formula is C42H28N2. The van der Waals surface area contributed by atoms with Gasteiger partial charge in [-0.15, -0.1) is 0 Å². The molecule has 0 unspecified atom stereocenters. The molecule has 0 N–H and O–H groups in total. The Morgan fingerprint density at radius 3 is 1.39 bits per heavy atom. The SMILES string of the molecule is [2H]c1ccc(-n2c3c([2H])c([2H])c([2H])c([2H])c3c3c([2H])c(-c4c([2H])c([2H])c5c(c4[2H])c4c([2H])c([2H])c([2H])c([2H])c4n5-c4ccc(-c5c([2H])cc([2H])cc5[2H])cc4)c([2H])c([2H])c32)cc1. The summed E-state index contributed by atoms with van der Waals surface area (Å²) in [5, 5.41) is -0.788. The van der Waals surface area contributed by atoms with E-state index in [-0.39, 0.29) is 84.7 Å². The van der Waals surface area contributed by atoms with Crippen molar-refractivity contribution in [1.29, 1.82) is 0 Å². The van der Waals surface area contributed by atoms with Gasteiger partial charge in [0.25, 0.3) is 0 Å². The molecule has 2 nitrogen and oxygen atoms in total. The third kappa shape index (κ3) is 3.82. The summed E-state index contributed by atoms with van der Waals surface area (Å²) in [5.41, 5.74) is -0.400. The molecule has 0 fully saturated rings. The van der Waals surface area contributed by atoms with Gasteiger partial charge in [-0.1, -0.05) is 109 Å². The van der Waals surface area contributed by atoms with E-state index >= 15 is 0 Å². The fraction of sp³-hybridized carbons (Fsp3) is 0. The number of hydrogen-bond donors (Lipinski definition) is 0. The first-order chi connectivity index (χ1) is 29.3. The molecule has 0 aliphatic rings. The fourth-order valence-corrected chi connectivity index (χ4v) is 5.58. The van der Waals surface area contributed by atoms with Crippen LogP contribution in [0.5, 0.6) is 0 Å². The smallest absolute Gasteiger partial charge is 0.0645 e. The molecule has 0 spiro atoms. The minimum atomic E-state index is -0.691. The molecule has 7 aromatic carbocycles. The molecule has 0 aliphatic carbocycles. The molecule has 0 radical (unpaired) electrons. The second-order valence-electron chi connectivity index (χ2n) is 9.99. The van der Waals surface area contributed by atoms with Gasteiger partial charge in [0.15, 0.2) is 0 Å². The highest BCUT2D eigenvalue weighted by Crippen LogP contribution is 2.38. The van der Waals surface area contributed by atoms with Crippen molar-refractivity contribution in [3.63, 3.8) is 0 Å². The van der Waals surface area contributed by atoms with Crippen LogP contribution in [0.3, 0.4) is 0 Å². The van der Waals surface area contributed by atoms with Crippen LogP contribution in [0.2, 0.25) is 0 Å². The second-order valence-corrected chi connectivity index (χ2v) is 9.99. The molecule has 0 aliphatic heterocycles. The highest BCUT2D eigenvalue weighted by Gasteiger charge is 2.16. The summed E-state index contributed by atoms with van der Waals surface area (Å²) in [7, 11) is 0. The van der Waals surface area contributed by atoms with E-state index in [1.165, 1.54) is 57.7 Å². The monoisotopic (exact) mass is 578 g/mol. The van der Waals surface area contributed by atoms with E-state index in [4.69, 9.17) is 16.4 Å². The first-order valence-electron chi connectivity index (χ1n) is 22.6. The number of aromatic nitrogens is 2. The van der Waals surface area contributed by atoms with Gasteiger partial charge >= 0.3 is 0 Å². The predicted octanol–water partition coefficient (Wildman–Crippen LogP) is 11.2. The molecule has 9 rings (SSSR count). The Hall–Kier alpha value is -5.86. The van der Waals surface area contributed by atoms with E-state index < -0.39 is 95.7 Å². The van der Waals surface area contributed by atoms with Crippen LogP contribution in [0.25, 0.3) is 77.2 Å². The van der Waals surface area contributed by atoms with Gasteiger partial charge in [0.05, 0.1) is 46.7 Å². The predicted molar refractivity (Wildman–Crippen MR) is 186 cm³/mol. The van der Waals surface area contributed by atoms with Crippen LogP contribution >= 0.6 is 0 Å². The standard InChI is InChI=1S/C42H28N2/c1-3-11-29(12-4-1)30-19-23-34(24-20-30)44-40-18-10-8-16-36(40)38-28-32(22-26-42(38)44)31-21-25-41-37(27-31)35-15-7-9-17-39(35)43(41)33-13-5-2-6-14-33/h1-28H/i1D,2D,7D,8D,9D,10D,11D,12D,15D,16D,17D,18D,21D,22D,25D,26D,27D,28D. The molecule has 0 atom stereocenters. The number of hydrogen-bond acceptors (Lipinski definition) is 0. The van der Waals surface area contributed by atoms with Crippen molar-refractivity contribution in [1.82, 2.24) is 9.13 Å². The third-order valence-corrected chi connectivity index (χ3v) is 7.54. The molecule has 0 bridgehead atoms. The fourth-order valence-electron chi connectivity index (χ4n) is 5.58. The van der Waals surface area contributed by atoms with Crippen LogP contribution in [0, 0.1) is 0 Å². The van der Waals surface area contributed by atoms with Gasteiger partial charge < -0.3 is 9.13 Å². The Balaban J connectivity index is 1.42. The van der Waals surface area contributed by atoms with E-state index in [0.29, 0.717) is 5.56 Å². The highest BCUT2D eigenvalue weighted by atomic mass is 15.0. The summed E-state index contributed by atoms with van der Waals surface area (Å²) in [5.74, 6) is 0. The minimum absolute atomic E-state index is 0.00998. The van der Waals surface area contributed by atoms with Crippen molar-refractivity contribution >= 4 is 43.6 Å². The van der Waals surface area contributed by atoms with Gasteiger partial charge in [0, 0.05) is 32.9 Å². The number of rotatable bonds is 4. The van der Waals surface area contributed by atoms with Gasteiger partial charge in [0.2, 0.25) is 0 Å². The van der Waals surface area contributed by atoms with Gasteiger partial charge in [-0.25, -0.2) is 0 Å². The van der Waals surface area contributed by atoms with E-state index in [9.17, 15) is 8.22 Å². The van der Waals surface area contributed by atoms with Crippen molar-refractivity contribution in [2.75, 3.05) is 0 Å². The van der Waals surface area contributed by atoms with Crippen molar-refractivity contribution in [3.8, 4) is 33.6 Å². The molecule has 2 heteroatoms. The van der Waals surface area contributed by atoms with E-state index in [1.807, 2.05) is 0 Å². The lowest BCUT2D eigenvalue weighted by atomic mass is 10.0. The maximum Gasteiger partial charge on any atom is 0.0645 e. The Morgan fingerprint density at radius 2 is 0.818 bits per heavy atom. The Kier molecular flexibility index (Phi) is 2.87. The van der Waals surface area contributed by atoms with Crippen molar-refractivity contribution in [2.24, 2.45) is 0 Å². The lowest BCUT2D eigenvalue weighted by Crippen LogP contribution is -1.93. The lowest BCUT2D eigenvalue weighted by molar-refractivity contribution is 1.18. The zero-order chi connectivity index (χ0) is 44.7. The van der Waals surface area contributed by atoms with E-state index in [1.54, 1.807) is 12.1 Å². The van der Waals surface area contributed by atoms with Crippen LogP contribution in [0.4, 0.5) is 0 Å². The molecule has 206 valence electrons. The number of fused-ring (bicyclic) bond motifs is 6. The third-order valence-electron chi connectivity index (χ3n) is 7.54. The zero-order valence-corrected chi connectivity index (χ0v) is 22.7. The Labute approximate surface area is 281 Å². The zero-order valence-electron chi connectivity index (χ0n) is 40.7. The number of nitrogens with zero attached hydrogens (tertiary/aromatic N) is 2. The summed E-state index contributed by atoms with van der Waals surface area (Å²) in [6.45, 7) is 0. The van der Waals surface area contributed by atoms with Gasteiger partial charge in [0.1, 0.15) is 0 Å². The topological polar surface area (TPSA) is 9.86 Å². The minimum Gasteiger partial charge on any atom is -0.309 e. The van der Waals surface area contributed by atoms with Crippen molar-refractivity contribution < 1.29 is 24.7 Å². The van der Waals surface area contributed by atoms with E-state index in [0.717, 1.165) is 0 Å². The second kappa shape index (κ2) is 9.86. The molecule has 0 saturated carbocycles. The van der Waals surface area contributed by atoms with Crippen LogP contribution in [0.15, 0.2) is 169 Å². The molecule has 0 saturated heterocycles. The molecular weight excluding hydrogens is 532 g/mol. The van der Waals surface area contributed by atoms with Gasteiger partial charge in [-0.05, 0) is 82.8 Å². The highest BCUT2D eigenvalue weighted by molar-refractivity contribution is 6.12. The molecule has 2 heterocycles. The molecule has 44 heavy (non-hydrogen) atoms. The summed E-state index contributed by atoms with van der Waals surface area (Å²) < 4.78 is 162. The largest absolute Gasteiger partial charge is 0.309 e. The molecule has 2 aromatic heterocycles. The van der Waals surface area contributed by atoms with Crippen molar-refractivity contribution in [3.05, 3.63) is 169 Å². The van der Waals surface area contributed by atoms with Gasteiger partial charge in [-0.2, -0.15) is 0 Å². The molecule has 0 amide bonds. The average molecular weight is 579 g/mol. The van der Waals surface area contributed by atoms with Gasteiger partial charge in [-0.3, -0.25) is 0 Å². The maximum absolute atomic E-state index is 9.71. The van der Waals surface area contributed by atoms with E-state index in [2.05, 4.69) is 0 Å². The molecule has 9 aromatic rings. The Bertz CT molecular complexity index is 3460. The first kappa shape index (κ1) is 12.8. The Morgan fingerprint density at radius 1 is 0.341 bits per heavy atom. The summed E-state index contributed by atoms with van der Waals surface area (Å²) in [4.78, 5) is 0. The number of para-hydroxylation sites is 3. The normalized spacial score (nSPS) is 17.4. The number of benzene rings is 7. The summed E-state index contributed by atoms with van der Waals surface area (Å²) in [6.07, 6.45) is 0. The maximum atomic E-state index is 9.71. The summed E-state index contributed by atoms with van der Waals surface area (Å²) >= 11 is 0. The average Bonchev–Trinajstić information content (AvgIpc) is 3.79. The van der Waals surface area contributed by atoms with Crippen LogP contribution in [-0.2, 0) is 0 Å². The summed E-state index contributed by atoms with van der Waals surface area (Å²) in [6, 6.07) is 6.22. The quantitative estimate of drug-likeness (QED) is 0.197. The van der Waals surface area contributed by atoms with Crippen LogP contribution in [-0.4, -0.2) is 9.13 Å². The first-order valence-corrected chi connectivity index (χ1v) is 13.6.